The maximum Gasteiger partial charge on any atom is 0.283 e. The molecule has 41 heavy (non-hydrogen) atoms. The Bertz CT molecular complexity index is 1570. The van der Waals surface area contributed by atoms with E-state index in [4.69, 9.17) is 4.74 Å². The maximum absolute atomic E-state index is 13.9. The summed E-state index contributed by atoms with van der Waals surface area (Å²) < 4.78 is 66.3. The standard InChI is InChI=1S/C30H36N4O5S2/c1-24-11-17-27(18-12-24)40(35,36)31-29(23-32-19-7-4-8-20-32)33-21-22-34(41(37,38)28-9-5-3-6-10-28)30(33)25-13-15-26(39-2)16-14-25/h3,5-6,9-18,30H,4,7-8,19-23H2,1-2H3. The van der Waals surface area contributed by atoms with Crippen molar-refractivity contribution in [2.75, 3.05) is 39.8 Å². The smallest absolute Gasteiger partial charge is 0.283 e. The van der Waals surface area contributed by atoms with Crippen LogP contribution in [0.4, 0.5) is 0 Å². The van der Waals surface area contributed by atoms with Gasteiger partial charge in [-0.15, -0.1) is 4.40 Å². The number of nitrogens with zero attached hydrogens (tertiary/aromatic N) is 4. The summed E-state index contributed by atoms with van der Waals surface area (Å²) in [4.78, 5) is 4.32. The van der Waals surface area contributed by atoms with Crippen molar-refractivity contribution in [2.45, 2.75) is 42.1 Å². The normalized spacial score (nSPS) is 19.4. The van der Waals surface area contributed by atoms with Gasteiger partial charge in [-0.1, -0.05) is 54.4 Å². The lowest BCUT2D eigenvalue weighted by Crippen LogP contribution is -2.44. The van der Waals surface area contributed by atoms with Gasteiger partial charge in [-0.3, -0.25) is 4.90 Å². The summed E-state index contributed by atoms with van der Waals surface area (Å²) in [7, 11) is -6.39. The molecular formula is C30H36N4O5S2. The molecule has 0 saturated carbocycles. The van der Waals surface area contributed by atoms with Gasteiger partial charge in [-0.05, 0) is 74.8 Å². The first kappa shape index (κ1) is 29.2. The Kier molecular flexibility index (Phi) is 8.79. The van der Waals surface area contributed by atoms with Crippen LogP contribution in [0.25, 0.3) is 0 Å². The summed E-state index contributed by atoms with van der Waals surface area (Å²) in [5.74, 6) is 0.971. The molecule has 0 amide bonds. The zero-order chi connectivity index (χ0) is 29.0. The van der Waals surface area contributed by atoms with Crippen LogP contribution in [0.5, 0.6) is 5.75 Å². The Hall–Kier alpha value is -3.25. The van der Waals surface area contributed by atoms with Gasteiger partial charge in [-0.2, -0.15) is 12.7 Å². The molecule has 9 nitrogen and oxygen atoms in total. The third kappa shape index (κ3) is 6.48. The maximum atomic E-state index is 13.9. The van der Waals surface area contributed by atoms with Crippen LogP contribution in [0.2, 0.25) is 0 Å². The third-order valence-electron chi connectivity index (χ3n) is 7.58. The number of piperidine rings is 1. The predicted molar refractivity (Wildman–Crippen MR) is 159 cm³/mol. The van der Waals surface area contributed by atoms with Gasteiger partial charge >= 0.3 is 0 Å². The molecule has 0 spiro atoms. The predicted octanol–water partition coefficient (Wildman–Crippen LogP) is 4.28. The van der Waals surface area contributed by atoms with Crippen LogP contribution < -0.4 is 4.74 Å². The molecular weight excluding hydrogens is 560 g/mol. The molecule has 11 heteroatoms. The van der Waals surface area contributed by atoms with Crippen LogP contribution in [-0.4, -0.2) is 76.6 Å². The van der Waals surface area contributed by atoms with E-state index in [1.807, 2.05) is 24.0 Å². The van der Waals surface area contributed by atoms with E-state index in [1.165, 1.54) is 4.31 Å². The van der Waals surface area contributed by atoms with Gasteiger partial charge in [0.05, 0.1) is 23.4 Å². The van der Waals surface area contributed by atoms with Gasteiger partial charge in [0.1, 0.15) is 17.8 Å². The van der Waals surface area contributed by atoms with Crippen LogP contribution in [-0.2, 0) is 20.0 Å². The Balaban J connectivity index is 1.61. The zero-order valence-electron chi connectivity index (χ0n) is 23.4. The molecule has 2 aliphatic rings. The number of hydrogen-bond acceptors (Lipinski definition) is 6. The largest absolute Gasteiger partial charge is 0.497 e. The molecule has 5 rings (SSSR count). The quantitative estimate of drug-likeness (QED) is 0.283. The lowest BCUT2D eigenvalue weighted by atomic mass is 10.1. The van der Waals surface area contributed by atoms with Gasteiger partial charge in [0.2, 0.25) is 10.0 Å². The molecule has 3 aromatic rings. The van der Waals surface area contributed by atoms with E-state index >= 15 is 0 Å². The van der Waals surface area contributed by atoms with Gasteiger partial charge in [0, 0.05) is 13.1 Å². The molecule has 1 atom stereocenters. The summed E-state index contributed by atoms with van der Waals surface area (Å²) in [6.45, 7) is 4.33. The number of benzene rings is 3. The van der Waals surface area contributed by atoms with Gasteiger partial charge in [0.15, 0.2) is 0 Å². The summed E-state index contributed by atoms with van der Waals surface area (Å²) in [6.07, 6.45) is 2.39. The Morgan fingerprint density at radius 3 is 2.10 bits per heavy atom. The van der Waals surface area contributed by atoms with Crippen LogP contribution >= 0.6 is 0 Å². The van der Waals surface area contributed by atoms with Gasteiger partial charge in [-0.25, -0.2) is 8.42 Å². The van der Waals surface area contributed by atoms with E-state index in [-0.39, 0.29) is 16.3 Å². The molecule has 2 fully saturated rings. The van der Waals surface area contributed by atoms with E-state index in [9.17, 15) is 16.8 Å². The molecule has 0 aliphatic carbocycles. The van der Waals surface area contributed by atoms with Crippen LogP contribution in [0.3, 0.4) is 0 Å². The Morgan fingerprint density at radius 1 is 0.805 bits per heavy atom. The second kappa shape index (κ2) is 12.3. The fourth-order valence-corrected chi connectivity index (χ4v) is 7.99. The van der Waals surface area contributed by atoms with Crippen molar-refractivity contribution in [2.24, 2.45) is 4.40 Å². The summed E-state index contributed by atoms with van der Waals surface area (Å²) in [5.41, 5.74) is 1.64. The number of sulfonamides is 2. The topological polar surface area (TPSA) is 99.6 Å². The number of amidine groups is 1. The van der Waals surface area contributed by atoms with E-state index in [0.717, 1.165) is 37.9 Å². The first-order valence-corrected chi connectivity index (χ1v) is 16.7. The van der Waals surface area contributed by atoms with Crippen molar-refractivity contribution in [3.05, 3.63) is 90.0 Å². The van der Waals surface area contributed by atoms with Crippen LogP contribution in [0, 0.1) is 6.92 Å². The van der Waals surface area contributed by atoms with E-state index < -0.39 is 26.2 Å². The molecule has 2 aliphatic heterocycles. The third-order valence-corrected chi connectivity index (χ3v) is 10.8. The van der Waals surface area contributed by atoms with Crippen LogP contribution in [0.1, 0.15) is 36.6 Å². The monoisotopic (exact) mass is 596 g/mol. The van der Waals surface area contributed by atoms with Crippen molar-refractivity contribution in [1.82, 2.24) is 14.1 Å². The van der Waals surface area contributed by atoms with Crippen molar-refractivity contribution < 1.29 is 21.6 Å². The summed E-state index contributed by atoms with van der Waals surface area (Å²) in [5, 5.41) is 0. The van der Waals surface area contributed by atoms with E-state index in [0.29, 0.717) is 30.2 Å². The molecule has 0 radical (unpaired) electrons. The lowest BCUT2D eigenvalue weighted by Gasteiger charge is -2.35. The highest BCUT2D eigenvalue weighted by molar-refractivity contribution is 7.90. The van der Waals surface area contributed by atoms with Gasteiger partial charge in [0.25, 0.3) is 10.0 Å². The SMILES string of the molecule is COc1ccc(C2N(C(CN3CCCCC3)=NS(=O)(=O)c3ccc(C)cc3)CCN2S(=O)(=O)c2ccccc2)cc1. The molecule has 0 N–H and O–H groups in total. The fraction of sp³-hybridized carbons (Fsp3) is 0.367. The number of likely N-dealkylation sites (tertiary alicyclic amines) is 1. The fourth-order valence-electron chi connectivity index (χ4n) is 5.37. The number of methoxy groups -OCH3 is 1. The number of ether oxygens (including phenoxy) is 1. The second-order valence-electron chi connectivity index (χ2n) is 10.4. The molecule has 2 saturated heterocycles. The first-order chi connectivity index (χ1) is 19.7. The highest BCUT2D eigenvalue weighted by atomic mass is 32.2. The molecule has 2 heterocycles. The minimum atomic E-state index is -4.05. The highest BCUT2D eigenvalue weighted by Crippen LogP contribution is 2.36. The van der Waals surface area contributed by atoms with E-state index in [1.54, 1.807) is 73.8 Å². The molecule has 1 unspecified atom stereocenters. The molecule has 218 valence electrons. The highest BCUT2D eigenvalue weighted by Gasteiger charge is 2.43. The van der Waals surface area contributed by atoms with Crippen LogP contribution in [0.15, 0.2) is 93.1 Å². The molecule has 0 aromatic heterocycles. The molecule has 0 bridgehead atoms. The van der Waals surface area contributed by atoms with Crippen molar-refractivity contribution >= 4 is 25.9 Å². The Morgan fingerprint density at radius 2 is 1.46 bits per heavy atom. The zero-order valence-corrected chi connectivity index (χ0v) is 25.0. The molecule has 3 aromatic carbocycles. The summed E-state index contributed by atoms with van der Waals surface area (Å²) >= 11 is 0. The lowest BCUT2D eigenvalue weighted by molar-refractivity contribution is 0.234. The first-order valence-electron chi connectivity index (χ1n) is 13.8. The minimum absolute atomic E-state index is 0.105. The number of hydrogen-bond donors (Lipinski definition) is 0. The number of rotatable bonds is 8. The van der Waals surface area contributed by atoms with Crippen molar-refractivity contribution in [3.63, 3.8) is 0 Å². The minimum Gasteiger partial charge on any atom is -0.497 e. The number of aryl methyl sites for hydroxylation is 1. The summed E-state index contributed by atoms with van der Waals surface area (Å²) in [6, 6.07) is 22.1. The van der Waals surface area contributed by atoms with E-state index in [2.05, 4.69) is 9.30 Å². The van der Waals surface area contributed by atoms with Gasteiger partial charge < -0.3 is 9.64 Å². The second-order valence-corrected chi connectivity index (χ2v) is 13.9. The van der Waals surface area contributed by atoms with Crippen molar-refractivity contribution in [1.29, 1.82) is 0 Å². The van der Waals surface area contributed by atoms with Crippen molar-refractivity contribution in [3.8, 4) is 5.75 Å². The Labute approximate surface area is 243 Å². The average molecular weight is 597 g/mol. The average Bonchev–Trinajstić information content (AvgIpc) is 3.44.